The SMILES string of the molecule is CCc1ccc(-c2c(C#N)c(=O)[nH]c3cnccc23)cc1. The molecule has 0 amide bonds. The molecule has 0 aliphatic rings. The smallest absolute Gasteiger partial charge is 0.267 e. The first-order valence-corrected chi connectivity index (χ1v) is 6.74. The monoisotopic (exact) mass is 275 g/mol. The average molecular weight is 275 g/mol. The lowest BCUT2D eigenvalue weighted by atomic mass is 9.96. The van der Waals surface area contributed by atoms with Crippen molar-refractivity contribution in [1.82, 2.24) is 9.97 Å². The Morgan fingerprint density at radius 2 is 2.00 bits per heavy atom. The predicted octanol–water partition coefficient (Wildman–Crippen LogP) is 3.02. The van der Waals surface area contributed by atoms with Crippen molar-refractivity contribution in [3.63, 3.8) is 0 Å². The van der Waals surface area contributed by atoms with E-state index < -0.39 is 0 Å². The van der Waals surface area contributed by atoms with Gasteiger partial charge in [-0.05, 0) is 23.6 Å². The van der Waals surface area contributed by atoms with Crippen LogP contribution in [0.3, 0.4) is 0 Å². The summed E-state index contributed by atoms with van der Waals surface area (Å²) in [7, 11) is 0. The van der Waals surface area contributed by atoms with Crippen LogP contribution in [0.1, 0.15) is 18.1 Å². The number of rotatable bonds is 2. The van der Waals surface area contributed by atoms with Crippen molar-refractivity contribution in [3.05, 3.63) is 64.2 Å². The van der Waals surface area contributed by atoms with E-state index in [1.54, 1.807) is 12.4 Å². The van der Waals surface area contributed by atoms with Crippen molar-refractivity contribution in [2.75, 3.05) is 0 Å². The second kappa shape index (κ2) is 5.22. The summed E-state index contributed by atoms with van der Waals surface area (Å²) in [5.41, 5.74) is 3.14. The molecule has 2 heterocycles. The number of hydrogen-bond acceptors (Lipinski definition) is 3. The largest absolute Gasteiger partial charge is 0.319 e. The minimum Gasteiger partial charge on any atom is -0.319 e. The topological polar surface area (TPSA) is 69.5 Å². The summed E-state index contributed by atoms with van der Waals surface area (Å²) in [6.45, 7) is 2.09. The number of fused-ring (bicyclic) bond motifs is 1. The van der Waals surface area contributed by atoms with E-state index in [9.17, 15) is 10.1 Å². The van der Waals surface area contributed by atoms with Crippen LogP contribution in [-0.2, 0) is 6.42 Å². The molecule has 4 nitrogen and oxygen atoms in total. The summed E-state index contributed by atoms with van der Waals surface area (Å²) in [5, 5.41) is 10.2. The normalized spacial score (nSPS) is 10.5. The molecular weight excluding hydrogens is 262 g/mol. The lowest BCUT2D eigenvalue weighted by Gasteiger charge is -2.09. The number of aromatic amines is 1. The zero-order valence-electron chi connectivity index (χ0n) is 11.6. The van der Waals surface area contributed by atoms with E-state index in [0.717, 1.165) is 17.4 Å². The molecule has 4 heteroatoms. The first-order chi connectivity index (χ1) is 10.2. The van der Waals surface area contributed by atoms with Gasteiger partial charge in [0.1, 0.15) is 11.6 Å². The number of nitrogens with zero attached hydrogens (tertiary/aromatic N) is 2. The maximum atomic E-state index is 12.1. The highest BCUT2D eigenvalue weighted by atomic mass is 16.1. The van der Waals surface area contributed by atoms with Crippen molar-refractivity contribution < 1.29 is 0 Å². The molecule has 3 aromatic rings. The van der Waals surface area contributed by atoms with E-state index in [0.29, 0.717) is 11.1 Å². The van der Waals surface area contributed by atoms with Gasteiger partial charge >= 0.3 is 0 Å². The van der Waals surface area contributed by atoms with Crippen LogP contribution in [0.25, 0.3) is 22.0 Å². The second-order valence-electron chi connectivity index (χ2n) is 4.79. The van der Waals surface area contributed by atoms with Gasteiger partial charge in [-0.1, -0.05) is 31.2 Å². The molecular formula is C17H13N3O. The zero-order chi connectivity index (χ0) is 14.8. The van der Waals surface area contributed by atoms with Gasteiger partial charge in [0, 0.05) is 17.1 Å². The highest BCUT2D eigenvalue weighted by Crippen LogP contribution is 2.28. The molecule has 0 spiro atoms. The summed E-state index contributed by atoms with van der Waals surface area (Å²) >= 11 is 0. The lowest BCUT2D eigenvalue weighted by molar-refractivity contribution is 1.14. The lowest BCUT2D eigenvalue weighted by Crippen LogP contribution is -2.12. The van der Waals surface area contributed by atoms with E-state index in [4.69, 9.17) is 0 Å². The fourth-order valence-corrected chi connectivity index (χ4v) is 2.46. The van der Waals surface area contributed by atoms with E-state index in [1.165, 1.54) is 5.56 Å². The molecule has 0 aliphatic heterocycles. The molecule has 0 atom stereocenters. The number of pyridine rings is 2. The van der Waals surface area contributed by atoms with Crippen LogP contribution < -0.4 is 5.56 Å². The van der Waals surface area contributed by atoms with Crippen molar-refractivity contribution in [2.24, 2.45) is 0 Å². The van der Waals surface area contributed by atoms with E-state index in [1.807, 2.05) is 36.4 Å². The third-order valence-corrected chi connectivity index (χ3v) is 3.58. The summed E-state index contributed by atoms with van der Waals surface area (Å²) in [6, 6.07) is 11.8. The molecule has 0 aliphatic carbocycles. The number of aromatic nitrogens is 2. The molecule has 0 radical (unpaired) electrons. The number of hydrogen-bond donors (Lipinski definition) is 1. The first kappa shape index (κ1) is 13.1. The van der Waals surface area contributed by atoms with Crippen LogP contribution in [0.2, 0.25) is 0 Å². The highest BCUT2D eigenvalue weighted by molar-refractivity contribution is 5.96. The molecule has 0 unspecified atom stereocenters. The molecule has 1 N–H and O–H groups in total. The van der Waals surface area contributed by atoms with Crippen LogP contribution in [0, 0.1) is 11.3 Å². The van der Waals surface area contributed by atoms with Gasteiger partial charge in [0.15, 0.2) is 0 Å². The van der Waals surface area contributed by atoms with Gasteiger partial charge in [-0.25, -0.2) is 0 Å². The van der Waals surface area contributed by atoms with E-state index >= 15 is 0 Å². The standard InChI is InChI=1S/C17H13N3O/c1-2-11-3-5-12(6-4-11)16-13-7-8-19-10-15(13)20-17(21)14(16)9-18/h3-8,10H,2H2,1H3,(H,20,21). The average Bonchev–Trinajstić information content (AvgIpc) is 2.53. The molecule has 0 saturated heterocycles. The Morgan fingerprint density at radius 3 is 2.67 bits per heavy atom. The van der Waals surface area contributed by atoms with Gasteiger partial charge < -0.3 is 4.98 Å². The minimum atomic E-state index is -0.382. The Balaban J connectivity index is 2.38. The van der Waals surface area contributed by atoms with Crippen LogP contribution in [0.4, 0.5) is 0 Å². The maximum absolute atomic E-state index is 12.1. The third kappa shape index (κ3) is 2.19. The summed E-state index contributed by atoms with van der Waals surface area (Å²) in [6.07, 6.45) is 4.21. The Bertz CT molecular complexity index is 902. The van der Waals surface area contributed by atoms with Crippen molar-refractivity contribution in [2.45, 2.75) is 13.3 Å². The van der Waals surface area contributed by atoms with Gasteiger partial charge in [-0.3, -0.25) is 9.78 Å². The van der Waals surface area contributed by atoms with Gasteiger partial charge in [0.25, 0.3) is 5.56 Å². The Labute approximate surface area is 121 Å². The Kier molecular flexibility index (Phi) is 3.25. The molecule has 3 rings (SSSR count). The molecule has 1 aromatic carbocycles. The number of aryl methyl sites for hydroxylation is 1. The molecule has 2 aromatic heterocycles. The first-order valence-electron chi connectivity index (χ1n) is 6.74. The van der Waals surface area contributed by atoms with Gasteiger partial charge in [0.05, 0.1) is 11.7 Å². The highest BCUT2D eigenvalue weighted by Gasteiger charge is 2.14. The minimum absolute atomic E-state index is 0.137. The van der Waals surface area contributed by atoms with Gasteiger partial charge in [-0.15, -0.1) is 0 Å². The van der Waals surface area contributed by atoms with Crippen LogP contribution in [0.5, 0.6) is 0 Å². The second-order valence-corrected chi connectivity index (χ2v) is 4.79. The van der Waals surface area contributed by atoms with Crippen molar-refractivity contribution >= 4 is 10.9 Å². The van der Waals surface area contributed by atoms with E-state index in [-0.39, 0.29) is 11.1 Å². The Morgan fingerprint density at radius 1 is 1.24 bits per heavy atom. The third-order valence-electron chi connectivity index (χ3n) is 3.58. The van der Waals surface area contributed by atoms with Gasteiger partial charge in [-0.2, -0.15) is 5.26 Å². The van der Waals surface area contributed by atoms with E-state index in [2.05, 4.69) is 16.9 Å². The maximum Gasteiger partial charge on any atom is 0.267 e. The fourth-order valence-electron chi connectivity index (χ4n) is 2.46. The Hall–Kier alpha value is -2.93. The molecule has 0 bridgehead atoms. The molecule has 102 valence electrons. The van der Waals surface area contributed by atoms with Crippen LogP contribution in [0.15, 0.2) is 47.5 Å². The number of nitrogens with one attached hydrogen (secondary N) is 1. The van der Waals surface area contributed by atoms with Crippen molar-refractivity contribution in [1.29, 1.82) is 5.26 Å². The van der Waals surface area contributed by atoms with Crippen LogP contribution in [-0.4, -0.2) is 9.97 Å². The quantitative estimate of drug-likeness (QED) is 0.781. The fraction of sp³-hybridized carbons (Fsp3) is 0.118. The van der Waals surface area contributed by atoms with Crippen molar-refractivity contribution in [3.8, 4) is 17.2 Å². The number of H-pyrrole nitrogens is 1. The summed E-state index contributed by atoms with van der Waals surface area (Å²) in [4.78, 5) is 18.8. The summed E-state index contributed by atoms with van der Waals surface area (Å²) in [5.74, 6) is 0. The summed E-state index contributed by atoms with van der Waals surface area (Å²) < 4.78 is 0. The van der Waals surface area contributed by atoms with Crippen LogP contribution >= 0.6 is 0 Å². The number of benzene rings is 1. The number of nitriles is 1. The predicted molar refractivity (Wildman–Crippen MR) is 81.9 cm³/mol. The molecule has 0 fully saturated rings. The molecule has 21 heavy (non-hydrogen) atoms. The zero-order valence-corrected chi connectivity index (χ0v) is 11.6. The molecule has 0 saturated carbocycles. The van der Waals surface area contributed by atoms with Gasteiger partial charge in [0.2, 0.25) is 0 Å².